The van der Waals surface area contributed by atoms with Gasteiger partial charge in [-0.3, -0.25) is 0 Å². The number of fused-ring (bicyclic) bond motifs is 3. The van der Waals surface area contributed by atoms with Gasteiger partial charge in [0.1, 0.15) is 5.75 Å². The van der Waals surface area contributed by atoms with Gasteiger partial charge in [-0.15, -0.1) is 0 Å². The van der Waals surface area contributed by atoms with Crippen LogP contribution < -0.4 is 4.74 Å². The smallest absolute Gasteiger partial charge is 0.416 e. The molecule has 0 amide bonds. The second-order valence-corrected chi connectivity index (χ2v) is 7.14. The van der Waals surface area contributed by atoms with E-state index >= 15 is 0 Å². The summed E-state index contributed by atoms with van der Waals surface area (Å²) in [4.78, 5) is 0. The van der Waals surface area contributed by atoms with Crippen LogP contribution in [0, 0.1) is 0 Å². The van der Waals surface area contributed by atoms with Crippen molar-refractivity contribution in [3.63, 3.8) is 0 Å². The first kappa shape index (κ1) is 17.8. The Morgan fingerprint density at radius 2 is 1.55 bits per heavy atom. The average Bonchev–Trinajstić information content (AvgIpc) is 3.19. The van der Waals surface area contributed by atoms with Crippen molar-refractivity contribution < 1.29 is 17.9 Å². The molecule has 0 spiro atoms. The molecule has 2 unspecified atom stereocenters. The lowest BCUT2D eigenvalue weighted by atomic mass is 9.96. The van der Waals surface area contributed by atoms with E-state index in [1.54, 1.807) is 0 Å². The van der Waals surface area contributed by atoms with Crippen LogP contribution in [0.4, 0.5) is 13.2 Å². The number of nitrogens with zero attached hydrogens (tertiary/aromatic N) is 2. The van der Waals surface area contributed by atoms with E-state index in [0.29, 0.717) is 12.0 Å². The molecule has 2 heterocycles. The van der Waals surface area contributed by atoms with Crippen LogP contribution in [0.15, 0.2) is 84.0 Å². The summed E-state index contributed by atoms with van der Waals surface area (Å²) in [7, 11) is 0. The molecule has 6 heteroatoms. The van der Waals surface area contributed by atoms with Crippen LogP contribution in [0.2, 0.25) is 0 Å². The van der Waals surface area contributed by atoms with E-state index in [2.05, 4.69) is 0 Å². The second-order valence-electron chi connectivity index (χ2n) is 7.14. The standard InChI is InChI=1S/C23H17F3N2O/c24-23(25,26)17-12-10-16(11-13-17)22-28-20(18-8-4-5-9-21(18)29-22)14-19(27-28)15-6-2-1-3-7-15/h1-13,20,22H,14H2. The van der Waals surface area contributed by atoms with E-state index in [0.717, 1.165) is 34.7 Å². The van der Waals surface area contributed by atoms with Crippen LogP contribution in [0.3, 0.4) is 0 Å². The van der Waals surface area contributed by atoms with Gasteiger partial charge in [0.05, 0.1) is 17.3 Å². The quantitative estimate of drug-likeness (QED) is 0.537. The van der Waals surface area contributed by atoms with Gasteiger partial charge in [0, 0.05) is 17.5 Å². The van der Waals surface area contributed by atoms with Crippen LogP contribution in [-0.4, -0.2) is 10.7 Å². The highest BCUT2D eigenvalue weighted by molar-refractivity contribution is 6.01. The van der Waals surface area contributed by atoms with Crippen LogP contribution in [0.1, 0.15) is 40.9 Å². The summed E-state index contributed by atoms with van der Waals surface area (Å²) in [5.41, 5.74) is 2.96. The zero-order chi connectivity index (χ0) is 20.0. The minimum absolute atomic E-state index is 0.0255. The predicted molar refractivity (Wildman–Crippen MR) is 103 cm³/mol. The van der Waals surface area contributed by atoms with Crippen LogP contribution >= 0.6 is 0 Å². The Kier molecular flexibility index (Phi) is 4.08. The zero-order valence-electron chi connectivity index (χ0n) is 15.3. The largest absolute Gasteiger partial charge is 0.464 e. The van der Waals surface area contributed by atoms with E-state index in [9.17, 15) is 13.2 Å². The Bertz CT molecular complexity index is 1060. The molecule has 0 aromatic heterocycles. The van der Waals surface area contributed by atoms with Gasteiger partial charge in [-0.2, -0.15) is 18.3 Å². The first-order valence-electron chi connectivity index (χ1n) is 9.35. The van der Waals surface area contributed by atoms with Crippen molar-refractivity contribution in [3.05, 3.63) is 101 Å². The highest BCUT2D eigenvalue weighted by atomic mass is 19.4. The number of hydrogen-bond acceptors (Lipinski definition) is 3. The maximum Gasteiger partial charge on any atom is 0.416 e. The Morgan fingerprint density at radius 1 is 0.862 bits per heavy atom. The fourth-order valence-corrected chi connectivity index (χ4v) is 3.90. The van der Waals surface area contributed by atoms with E-state index in [4.69, 9.17) is 9.84 Å². The summed E-state index contributed by atoms with van der Waals surface area (Å²) in [6, 6.07) is 22.8. The average molecular weight is 394 g/mol. The number of para-hydroxylation sites is 1. The van der Waals surface area contributed by atoms with Gasteiger partial charge in [0.15, 0.2) is 0 Å². The van der Waals surface area contributed by atoms with Crippen molar-refractivity contribution in [2.45, 2.75) is 24.9 Å². The summed E-state index contributed by atoms with van der Waals surface area (Å²) in [6.45, 7) is 0. The fourth-order valence-electron chi connectivity index (χ4n) is 3.90. The topological polar surface area (TPSA) is 24.8 Å². The number of hydrazone groups is 1. The van der Waals surface area contributed by atoms with Gasteiger partial charge in [-0.1, -0.05) is 60.7 Å². The van der Waals surface area contributed by atoms with E-state index in [-0.39, 0.29) is 6.04 Å². The monoisotopic (exact) mass is 394 g/mol. The third kappa shape index (κ3) is 3.14. The first-order valence-corrected chi connectivity index (χ1v) is 9.35. The molecule has 0 aliphatic carbocycles. The van der Waals surface area contributed by atoms with Crippen molar-refractivity contribution in [2.75, 3.05) is 0 Å². The molecular formula is C23H17F3N2O. The van der Waals surface area contributed by atoms with Crippen molar-refractivity contribution in [2.24, 2.45) is 5.10 Å². The van der Waals surface area contributed by atoms with E-state index in [1.807, 2.05) is 59.6 Å². The van der Waals surface area contributed by atoms with Gasteiger partial charge in [0.2, 0.25) is 6.23 Å². The lowest BCUT2D eigenvalue weighted by Crippen LogP contribution is -2.33. The van der Waals surface area contributed by atoms with Gasteiger partial charge >= 0.3 is 6.18 Å². The van der Waals surface area contributed by atoms with Crippen molar-refractivity contribution in [3.8, 4) is 5.75 Å². The molecule has 146 valence electrons. The third-order valence-corrected chi connectivity index (χ3v) is 5.33. The van der Waals surface area contributed by atoms with Crippen molar-refractivity contribution in [1.82, 2.24) is 5.01 Å². The van der Waals surface area contributed by atoms with Crippen LogP contribution in [0.25, 0.3) is 0 Å². The third-order valence-electron chi connectivity index (χ3n) is 5.33. The predicted octanol–water partition coefficient (Wildman–Crippen LogP) is 5.95. The lowest BCUT2D eigenvalue weighted by Gasteiger charge is -2.38. The molecule has 3 nitrogen and oxygen atoms in total. The molecule has 29 heavy (non-hydrogen) atoms. The Hall–Kier alpha value is -3.28. The normalized spacial score (nSPS) is 20.5. The molecule has 3 aromatic rings. The van der Waals surface area contributed by atoms with Gasteiger partial charge in [-0.25, -0.2) is 5.01 Å². The SMILES string of the molecule is FC(F)(F)c1ccc(C2Oc3ccccc3C3CC(c4ccccc4)=NN32)cc1. The van der Waals surface area contributed by atoms with Crippen LogP contribution in [0.5, 0.6) is 5.75 Å². The molecule has 0 fully saturated rings. The molecule has 0 bridgehead atoms. The number of hydrogen-bond donors (Lipinski definition) is 0. The van der Waals surface area contributed by atoms with Gasteiger partial charge in [-0.05, 0) is 23.8 Å². The Labute approximate surface area is 166 Å². The molecular weight excluding hydrogens is 377 g/mol. The Balaban J connectivity index is 1.56. The molecule has 2 aliphatic rings. The zero-order valence-corrected chi connectivity index (χ0v) is 15.3. The molecule has 3 aromatic carbocycles. The maximum absolute atomic E-state index is 12.9. The molecule has 0 saturated heterocycles. The van der Waals surface area contributed by atoms with Gasteiger partial charge in [0.25, 0.3) is 0 Å². The highest BCUT2D eigenvalue weighted by Crippen LogP contribution is 2.47. The minimum atomic E-state index is -4.37. The number of ether oxygens (including phenoxy) is 1. The summed E-state index contributed by atoms with van der Waals surface area (Å²) >= 11 is 0. The second kappa shape index (κ2) is 6.65. The highest BCUT2D eigenvalue weighted by Gasteiger charge is 2.41. The summed E-state index contributed by atoms with van der Waals surface area (Å²) < 4.78 is 45.0. The molecule has 0 saturated carbocycles. The maximum atomic E-state index is 12.9. The summed E-state index contributed by atoms with van der Waals surface area (Å²) in [5.74, 6) is 0.739. The van der Waals surface area contributed by atoms with E-state index < -0.39 is 18.0 Å². The minimum Gasteiger partial charge on any atom is -0.464 e. The molecule has 2 atom stereocenters. The Morgan fingerprint density at radius 3 is 2.28 bits per heavy atom. The molecule has 0 radical (unpaired) electrons. The molecule has 0 N–H and O–H groups in total. The number of halogens is 3. The van der Waals surface area contributed by atoms with Crippen molar-refractivity contribution in [1.29, 1.82) is 0 Å². The van der Waals surface area contributed by atoms with E-state index in [1.165, 1.54) is 12.1 Å². The summed E-state index contributed by atoms with van der Waals surface area (Å²) in [6.07, 6.45) is -4.24. The molecule has 2 aliphatic heterocycles. The number of rotatable bonds is 2. The fraction of sp³-hybridized carbons (Fsp3) is 0.174. The first-order chi connectivity index (χ1) is 14.0. The van der Waals surface area contributed by atoms with Crippen molar-refractivity contribution >= 4 is 5.71 Å². The number of alkyl halides is 3. The van der Waals surface area contributed by atoms with Crippen LogP contribution in [-0.2, 0) is 6.18 Å². The lowest BCUT2D eigenvalue weighted by molar-refractivity contribution is -0.137. The number of benzene rings is 3. The van der Waals surface area contributed by atoms with Gasteiger partial charge < -0.3 is 4.74 Å². The molecule has 5 rings (SSSR count). The summed E-state index contributed by atoms with van der Waals surface area (Å²) in [5, 5.41) is 6.68.